The maximum Gasteiger partial charge on any atom is 0.340 e. The van der Waals surface area contributed by atoms with Crippen molar-refractivity contribution in [3.63, 3.8) is 0 Å². The van der Waals surface area contributed by atoms with Gasteiger partial charge in [0, 0.05) is 10.9 Å². The number of hydrogen-bond acceptors (Lipinski definition) is 3. The number of benzene rings is 2. The molecular weight excluding hydrogens is 317 g/mol. The molecule has 126 valence electrons. The maximum absolute atomic E-state index is 13.1. The molecule has 2 aromatic carbocycles. The molecule has 0 aliphatic rings. The summed E-state index contributed by atoms with van der Waals surface area (Å²) in [7, 11) is 0. The van der Waals surface area contributed by atoms with E-state index in [0.29, 0.717) is 17.9 Å². The zero-order valence-electron chi connectivity index (χ0n) is 14.1. The van der Waals surface area contributed by atoms with Crippen LogP contribution in [0.25, 0.3) is 23.1 Å². The van der Waals surface area contributed by atoms with Crippen LogP contribution in [0, 0.1) is 12.7 Å². The fraction of sp³-hybridized carbons (Fsp3) is 0.143. The molecule has 0 amide bonds. The molecule has 0 spiro atoms. The number of carbonyl (C=O) groups excluding carboxylic acids is 1. The first-order valence-electron chi connectivity index (χ1n) is 8.10. The average molecular weight is 335 g/mol. The minimum Gasteiger partial charge on any atom is -0.462 e. The molecule has 1 aromatic heterocycles. The molecule has 3 rings (SSSR count). The number of pyridine rings is 1. The van der Waals surface area contributed by atoms with Gasteiger partial charge in [-0.3, -0.25) is 4.98 Å². The number of aryl methyl sites for hydroxylation is 1. The van der Waals surface area contributed by atoms with Crippen molar-refractivity contribution in [2.24, 2.45) is 0 Å². The van der Waals surface area contributed by atoms with E-state index < -0.39 is 5.97 Å². The number of para-hydroxylation sites is 1. The first kappa shape index (κ1) is 16.8. The number of halogens is 1. The molecule has 0 fully saturated rings. The first-order valence-corrected chi connectivity index (χ1v) is 8.10. The zero-order valence-corrected chi connectivity index (χ0v) is 14.1. The Morgan fingerprint density at radius 3 is 2.56 bits per heavy atom. The van der Waals surface area contributed by atoms with E-state index in [-0.39, 0.29) is 5.82 Å². The Kier molecular flexibility index (Phi) is 4.89. The monoisotopic (exact) mass is 335 g/mol. The molecule has 0 N–H and O–H groups in total. The van der Waals surface area contributed by atoms with Gasteiger partial charge < -0.3 is 4.74 Å². The lowest BCUT2D eigenvalue weighted by Crippen LogP contribution is -2.10. The van der Waals surface area contributed by atoms with Gasteiger partial charge in [0.2, 0.25) is 0 Å². The number of esters is 1. The van der Waals surface area contributed by atoms with Crippen LogP contribution in [0.3, 0.4) is 0 Å². The molecule has 25 heavy (non-hydrogen) atoms. The summed E-state index contributed by atoms with van der Waals surface area (Å²) in [6.07, 6.45) is 3.71. The van der Waals surface area contributed by atoms with E-state index in [0.717, 1.165) is 22.0 Å². The molecule has 0 saturated carbocycles. The largest absolute Gasteiger partial charge is 0.462 e. The van der Waals surface area contributed by atoms with Crippen LogP contribution >= 0.6 is 0 Å². The predicted molar refractivity (Wildman–Crippen MR) is 97.8 cm³/mol. The predicted octanol–water partition coefficient (Wildman–Crippen LogP) is 5.03. The van der Waals surface area contributed by atoms with Crippen LogP contribution in [0.15, 0.2) is 48.5 Å². The molecule has 0 unspecified atom stereocenters. The highest BCUT2D eigenvalue weighted by Crippen LogP contribution is 2.26. The van der Waals surface area contributed by atoms with Crippen molar-refractivity contribution >= 4 is 29.0 Å². The molecular formula is C21H18FNO2. The van der Waals surface area contributed by atoms with Crippen molar-refractivity contribution in [2.45, 2.75) is 13.8 Å². The van der Waals surface area contributed by atoms with Gasteiger partial charge in [0.1, 0.15) is 5.82 Å². The number of fused-ring (bicyclic) bond motifs is 1. The van der Waals surface area contributed by atoms with Gasteiger partial charge >= 0.3 is 5.97 Å². The maximum atomic E-state index is 13.1. The van der Waals surface area contributed by atoms with Crippen LogP contribution in [-0.2, 0) is 4.74 Å². The molecule has 0 atom stereocenters. The van der Waals surface area contributed by atoms with Gasteiger partial charge in [0.25, 0.3) is 0 Å². The van der Waals surface area contributed by atoms with Gasteiger partial charge in [-0.15, -0.1) is 0 Å². The lowest BCUT2D eigenvalue weighted by molar-refractivity contribution is 0.0525. The average Bonchev–Trinajstić information content (AvgIpc) is 2.60. The molecule has 0 bridgehead atoms. The third kappa shape index (κ3) is 3.58. The van der Waals surface area contributed by atoms with Crippen molar-refractivity contribution in [1.29, 1.82) is 0 Å². The lowest BCUT2D eigenvalue weighted by atomic mass is 9.99. The van der Waals surface area contributed by atoms with Gasteiger partial charge in [-0.05, 0) is 37.6 Å². The van der Waals surface area contributed by atoms with Crippen molar-refractivity contribution in [2.75, 3.05) is 6.61 Å². The van der Waals surface area contributed by atoms with Crippen molar-refractivity contribution in [1.82, 2.24) is 4.98 Å². The second-order valence-electron chi connectivity index (χ2n) is 5.61. The SMILES string of the molecule is CCOC(=O)c1c(C)nc2ccccc2c1/C=C/c1ccc(F)cc1. The van der Waals surface area contributed by atoms with E-state index in [1.54, 1.807) is 26.0 Å². The van der Waals surface area contributed by atoms with Crippen LogP contribution in [-0.4, -0.2) is 17.6 Å². The van der Waals surface area contributed by atoms with Crippen LogP contribution < -0.4 is 0 Å². The summed E-state index contributed by atoms with van der Waals surface area (Å²) in [6.45, 7) is 3.87. The van der Waals surface area contributed by atoms with Gasteiger partial charge in [-0.2, -0.15) is 0 Å². The molecule has 3 nitrogen and oxygen atoms in total. The highest BCUT2D eigenvalue weighted by Gasteiger charge is 2.18. The van der Waals surface area contributed by atoms with Gasteiger partial charge in [0.05, 0.1) is 23.4 Å². The Balaban J connectivity index is 2.17. The fourth-order valence-corrected chi connectivity index (χ4v) is 2.75. The second-order valence-corrected chi connectivity index (χ2v) is 5.61. The fourth-order valence-electron chi connectivity index (χ4n) is 2.75. The van der Waals surface area contributed by atoms with Crippen LogP contribution in [0.5, 0.6) is 0 Å². The summed E-state index contributed by atoms with van der Waals surface area (Å²) in [5, 5.41) is 0.870. The lowest BCUT2D eigenvalue weighted by Gasteiger charge is -2.12. The topological polar surface area (TPSA) is 39.2 Å². The van der Waals surface area contributed by atoms with E-state index in [2.05, 4.69) is 4.98 Å². The van der Waals surface area contributed by atoms with E-state index in [1.165, 1.54) is 12.1 Å². The van der Waals surface area contributed by atoms with Crippen LogP contribution in [0.2, 0.25) is 0 Å². The third-order valence-electron chi connectivity index (χ3n) is 3.91. The standard InChI is InChI=1S/C21H18FNO2/c1-3-25-21(24)20-14(2)23-19-7-5-4-6-17(19)18(20)13-10-15-8-11-16(22)12-9-15/h4-13H,3H2,1-2H3/b13-10+. The smallest absolute Gasteiger partial charge is 0.340 e. The Labute approximate surface area is 145 Å². The minimum absolute atomic E-state index is 0.283. The number of aromatic nitrogens is 1. The molecule has 0 aliphatic heterocycles. The number of hydrogen-bond donors (Lipinski definition) is 0. The Hall–Kier alpha value is -3.01. The summed E-state index contributed by atoms with van der Waals surface area (Å²) in [6, 6.07) is 13.8. The molecule has 0 aliphatic carbocycles. The summed E-state index contributed by atoms with van der Waals surface area (Å²) in [4.78, 5) is 17.0. The molecule has 3 aromatic rings. The van der Waals surface area contributed by atoms with Crippen LogP contribution in [0.1, 0.15) is 34.1 Å². The third-order valence-corrected chi connectivity index (χ3v) is 3.91. The number of nitrogens with zero attached hydrogens (tertiary/aromatic N) is 1. The van der Waals surface area contributed by atoms with Crippen molar-refractivity contribution in [3.8, 4) is 0 Å². The van der Waals surface area contributed by atoms with Gasteiger partial charge in [0.15, 0.2) is 0 Å². The molecule has 0 radical (unpaired) electrons. The number of ether oxygens (including phenoxy) is 1. The Bertz CT molecular complexity index is 946. The zero-order chi connectivity index (χ0) is 17.8. The Morgan fingerprint density at radius 2 is 1.84 bits per heavy atom. The second kappa shape index (κ2) is 7.26. The molecule has 4 heteroatoms. The minimum atomic E-state index is -0.392. The highest BCUT2D eigenvalue weighted by molar-refractivity contribution is 6.03. The highest BCUT2D eigenvalue weighted by atomic mass is 19.1. The Morgan fingerprint density at radius 1 is 1.12 bits per heavy atom. The van der Waals surface area contributed by atoms with E-state index >= 15 is 0 Å². The van der Waals surface area contributed by atoms with Gasteiger partial charge in [-0.25, -0.2) is 9.18 Å². The van der Waals surface area contributed by atoms with E-state index in [9.17, 15) is 9.18 Å². The summed E-state index contributed by atoms with van der Waals surface area (Å²) >= 11 is 0. The molecule has 0 saturated heterocycles. The summed E-state index contributed by atoms with van der Waals surface area (Å²) in [5.74, 6) is -0.674. The quantitative estimate of drug-likeness (QED) is 0.628. The summed E-state index contributed by atoms with van der Waals surface area (Å²) in [5.41, 5.74) is 3.49. The first-order chi connectivity index (χ1) is 12.1. The normalized spacial score (nSPS) is 11.2. The van der Waals surface area contributed by atoms with Crippen molar-refractivity contribution < 1.29 is 13.9 Å². The van der Waals surface area contributed by atoms with Gasteiger partial charge in [-0.1, -0.05) is 42.5 Å². The number of rotatable bonds is 4. The number of carbonyl (C=O) groups is 1. The van der Waals surface area contributed by atoms with E-state index in [1.807, 2.05) is 36.4 Å². The van der Waals surface area contributed by atoms with Crippen molar-refractivity contribution in [3.05, 3.63) is 76.7 Å². The van der Waals surface area contributed by atoms with E-state index in [4.69, 9.17) is 4.74 Å². The summed E-state index contributed by atoms with van der Waals surface area (Å²) < 4.78 is 18.3. The van der Waals surface area contributed by atoms with Crippen LogP contribution in [0.4, 0.5) is 4.39 Å². The molecule has 1 heterocycles.